The normalized spacial score (nSPS) is 11.7. The Morgan fingerprint density at radius 2 is 1.60 bits per heavy atom. The maximum atomic E-state index is 11.0. The largest absolute Gasteiger partial charge is 0.487 e. The van der Waals surface area contributed by atoms with Gasteiger partial charge in [0.05, 0.1) is 0 Å². The van der Waals surface area contributed by atoms with Gasteiger partial charge >= 0.3 is 0 Å². The topological polar surface area (TPSA) is 26.3 Å². The van der Waals surface area contributed by atoms with E-state index in [1.165, 1.54) is 0 Å². The monoisotopic (exact) mass is 286 g/mol. The van der Waals surface area contributed by atoms with Gasteiger partial charge in [-0.3, -0.25) is 4.79 Å². The smallest absolute Gasteiger partial charge is 0.252 e. The fourth-order valence-corrected chi connectivity index (χ4v) is 1.91. The predicted molar refractivity (Wildman–Crippen MR) is 82.3 cm³/mol. The first-order valence-corrected chi connectivity index (χ1v) is 6.67. The SMILES string of the molecule is C=CC(C)Oc1ccc(-c2ccc(C(=O)Cl)cc2)cc1. The van der Waals surface area contributed by atoms with Crippen LogP contribution in [0.5, 0.6) is 5.75 Å². The van der Waals surface area contributed by atoms with E-state index >= 15 is 0 Å². The van der Waals surface area contributed by atoms with Crippen LogP contribution in [-0.2, 0) is 0 Å². The van der Waals surface area contributed by atoms with Gasteiger partial charge in [0.15, 0.2) is 0 Å². The van der Waals surface area contributed by atoms with Crippen molar-refractivity contribution in [1.82, 2.24) is 0 Å². The molecule has 2 rings (SSSR count). The lowest BCUT2D eigenvalue weighted by molar-refractivity contribution is 0.108. The molecule has 0 radical (unpaired) electrons. The van der Waals surface area contributed by atoms with Gasteiger partial charge in [-0.15, -0.1) is 0 Å². The lowest BCUT2D eigenvalue weighted by Gasteiger charge is -2.11. The lowest BCUT2D eigenvalue weighted by atomic mass is 10.0. The third-order valence-corrected chi connectivity index (χ3v) is 3.17. The Balaban J connectivity index is 2.17. The summed E-state index contributed by atoms with van der Waals surface area (Å²) in [4.78, 5) is 11.0. The van der Waals surface area contributed by atoms with E-state index in [0.717, 1.165) is 16.9 Å². The van der Waals surface area contributed by atoms with E-state index in [1.807, 2.05) is 43.3 Å². The van der Waals surface area contributed by atoms with Crippen LogP contribution in [0.4, 0.5) is 0 Å². The molecule has 0 aliphatic carbocycles. The molecule has 2 aromatic rings. The second kappa shape index (κ2) is 6.40. The van der Waals surface area contributed by atoms with E-state index in [0.29, 0.717) is 5.56 Å². The van der Waals surface area contributed by atoms with Crippen molar-refractivity contribution in [2.75, 3.05) is 0 Å². The molecular formula is C17H15ClO2. The van der Waals surface area contributed by atoms with Gasteiger partial charge in [-0.2, -0.15) is 0 Å². The molecule has 1 unspecified atom stereocenters. The van der Waals surface area contributed by atoms with Gasteiger partial charge in [0, 0.05) is 5.56 Å². The van der Waals surface area contributed by atoms with E-state index in [1.54, 1.807) is 18.2 Å². The Labute approximate surface area is 123 Å². The minimum Gasteiger partial charge on any atom is -0.487 e. The number of hydrogen-bond acceptors (Lipinski definition) is 2. The molecule has 0 aromatic heterocycles. The zero-order valence-corrected chi connectivity index (χ0v) is 11.9. The first kappa shape index (κ1) is 14.4. The fraction of sp³-hybridized carbons (Fsp3) is 0.118. The quantitative estimate of drug-likeness (QED) is 0.589. The summed E-state index contributed by atoms with van der Waals surface area (Å²) in [7, 11) is 0. The standard InChI is InChI=1S/C17H15ClO2/c1-3-12(2)20-16-10-8-14(9-11-16)13-4-6-15(7-5-13)17(18)19/h3-12H,1H2,2H3. The van der Waals surface area contributed by atoms with Crippen LogP contribution in [0.25, 0.3) is 11.1 Å². The predicted octanol–water partition coefficient (Wildman–Crippen LogP) is 4.69. The van der Waals surface area contributed by atoms with E-state index in [2.05, 4.69) is 6.58 Å². The zero-order chi connectivity index (χ0) is 14.5. The molecule has 0 N–H and O–H groups in total. The number of ether oxygens (including phenoxy) is 1. The van der Waals surface area contributed by atoms with Gasteiger partial charge in [0.1, 0.15) is 11.9 Å². The molecular weight excluding hydrogens is 272 g/mol. The molecule has 0 saturated heterocycles. The van der Waals surface area contributed by atoms with Gasteiger partial charge in [0.2, 0.25) is 0 Å². The second-order valence-corrected chi connectivity index (χ2v) is 4.78. The molecule has 0 heterocycles. The van der Waals surface area contributed by atoms with Crippen molar-refractivity contribution in [2.24, 2.45) is 0 Å². The zero-order valence-electron chi connectivity index (χ0n) is 11.2. The van der Waals surface area contributed by atoms with Crippen LogP contribution in [0.2, 0.25) is 0 Å². The first-order valence-electron chi connectivity index (χ1n) is 6.29. The molecule has 102 valence electrons. The van der Waals surface area contributed by atoms with E-state index < -0.39 is 5.24 Å². The molecule has 0 bridgehead atoms. The third kappa shape index (κ3) is 3.49. The van der Waals surface area contributed by atoms with E-state index in [9.17, 15) is 4.79 Å². The Bertz CT molecular complexity index is 600. The summed E-state index contributed by atoms with van der Waals surface area (Å²) >= 11 is 5.42. The number of benzene rings is 2. The molecule has 0 aliphatic rings. The van der Waals surface area contributed by atoms with Crippen molar-refractivity contribution in [2.45, 2.75) is 13.0 Å². The van der Waals surface area contributed by atoms with Crippen molar-refractivity contribution >= 4 is 16.8 Å². The summed E-state index contributed by atoms with van der Waals surface area (Å²) in [6.45, 7) is 5.61. The molecule has 2 nitrogen and oxygen atoms in total. The Morgan fingerprint density at radius 1 is 1.10 bits per heavy atom. The van der Waals surface area contributed by atoms with Gasteiger partial charge in [-0.05, 0) is 53.9 Å². The van der Waals surface area contributed by atoms with Crippen LogP contribution in [0.15, 0.2) is 61.2 Å². The molecule has 20 heavy (non-hydrogen) atoms. The first-order chi connectivity index (χ1) is 9.60. The van der Waals surface area contributed by atoms with Crippen molar-refractivity contribution in [3.63, 3.8) is 0 Å². The average Bonchev–Trinajstić information content (AvgIpc) is 2.48. The molecule has 0 spiro atoms. The summed E-state index contributed by atoms with van der Waals surface area (Å²) < 4.78 is 5.62. The van der Waals surface area contributed by atoms with Gasteiger partial charge in [-0.1, -0.05) is 36.9 Å². The van der Waals surface area contributed by atoms with Gasteiger partial charge < -0.3 is 4.74 Å². The molecule has 1 atom stereocenters. The Hall–Kier alpha value is -2.06. The van der Waals surface area contributed by atoms with Gasteiger partial charge in [0.25, 0.3) is 5.24 Å². The summed E-state index contributed by atoms with van der Waals surface area (Å²) in [5.74, 6) is 0.800. The summed E-state index contributed by atoms with van der Waals surface area (Å²) in [6, 6.07) is 15.0. The van der Waals surface area contributed by atoms with Gasteiger partial charge in [-0.25, -0.2) is 0 Å². The minimum absolute atomic E-state index is 0.0186. The Morgan fingerprint density at radius 3 is 2.05 bits per heavy atom. The highest BCUT2D eigenvalue weighted by molar-refractivity contribution is 6.67. The fourth-order valence-electron chi connectivity index (χ4n) is 1.78. The van der Waals surface area contributed by atoms with Crippen LogP contribution in [0.1, 0.15) is 17.3 Å². The van der Waals surface area contributed by atoms with E-state index in [4.69, 9.17) is 16.3 Å². The van der Waals surface area contributed by atoms with Crippen LogP contribution in [-0.4, -0.2) is 11.3 Å². The number of hydrogen-bond donors (Lipinski definition) is 0. The molecule has 0 fully saturated rings. The van der Waals surface area contributed by atoms with Crippen LogP contribution < -0.4 is 4.74 Å². The number of halogens is 1. The third-order valence-electron chi connectivity index (χ3n) is 2.95. The van der Waals surface area contributed by atoms with Crippen LogP contribution in [0, 0.1) is 0 Å². The minimum atomic E-state index is -0.446. The highest BCUT2D eigenvalue weighted by atomic mass is 35.5. The number of carbonyl (C=O) groups excluding carboxylic acids is 1. The molecule has 0 saturated carbocycles. The summed E-state index contributed by atoms with van der Waals surface area (Å²) in [5, 5.41) is -0.446. The van der Waals surface area contributed by atoms with Crippen molar-refractivity contribution in [3.05, 3.63) is 66.7 Å². The van der Waals surface area contributed by atoms with Crippen LogP contribution in [0.3, 0.4) is 0 Å². The number of rotatable bonds is 5. The van der Waals surface area contributed by atoms with Crippen molar-refractivity contribution in [3.8, 4) is 16.9 Å². The molecule has 3 heteroatoms. The second-order valence-electron chi connectivity index (χ2n) is 4.43. The average molecular weight is 287 g/mol. The molecule has 2 aromatic carbocycles. The van der Waals surface area contributed by atoms with Crippen molar-refractivity contribution < 1.29 is 9.53 Å². The maximum absolute atomic E-state index is 11.0. The maximum Gasteiger partial charge on any atom is 0.252 e. The molecule has 0 amide bonds. The Kier molecular flexibility index (Phi) is 4.59. The van der Waals surface area contributed by atoms with E-state index in [-0.39, 0.29) is 6.10 Å². The summed E-state index contributed by atoms with van der Waals surface area (Å²) in [5.41, 5.74) is 2.57. The highest BCUT2D eigenvalue weighted by Gasteiger charge is 2.04. The van der Waals surface area contributed by atoms with Crippen molar-refractivity contribution in [1.29, 1.82) is 0 Å². The molecule has 0 aliphatic heterocycles. The summed E-state index contributed by atoms with van der Waals surface area (Å²) in [6.07, 6.45) is 1.73. The van der Waals surface area contributed by atoms with Crippen LogP contribution >= 0.6 is 11.6 Å². The number of carbonyl (C=O) groups is 1. The highest BCUT2D eigenvalue weighted by Crippen LogP contribution is 2.23. The lowest BCUT2D eigenvalue weighted by Crippen LogP contribution is -2.06.